The van der Waals surface area contributed by atoms with E-state index in [1.807, 2.05) is 6.92 Å². The van der Waals surface area contributed by atoms with Crippen LogP contribution >= 0.6 is 0 Å². The Kier molecular flexibility index (Phi) is 3.02. The second-order valence-electron chi connectivity index (χ2n) is 5.69. The fourth-order valence-electron chi connectivity index (χ4n) is 2.37. The molecule has 3 rings (SSSR count). The number of piperidine rings is 1. The first kappa shape index (κ1) is 12.6. The lowest BCUT2D eigenvalue weighted by Crippen LogP contribution is -2.45. The summed E-state index contributed by atoms with van der Waals surface area (Å²) >= 11 is 0. The van der Waals surface area contributed by atoms with Crippen molar-refractivity contribution < 1.29 is 9.90 Å². The van der Waals surface area contributed by atoms with Gasteiger partial charge in [0.25, 0.3) is 5.91 Å². The number of nitrogens with one attached hydrogen (secondary N) is 1. The number of carbonyl (C=O) groups excluding carboxylic acids is 1. The third-order valence-corrected chi connectivity index (χ3v) is 3.99. The highest BCUT2D eigenvalue weighted by atomic mass is 16.3. The Morgan fingerprint density at radius 3 is 2.74 bits per heavy atom. The zero-order chi connectivity index (χ0) is 13.5. The van der Waals surface area contributed by atoms with Gasteiger partial charge in [0.15, 0.2) is 5.69 Å². The van der Waals surface area contributed by atoms with Crippen molar-refractivity contribution in [2.45, 2.75) is 31.4 Å². The van der Waals surface area contributed by atoms with Crippen molar-refractivity contribution in [3.8, 4) is 0 Å². The van der Waals surface area contributed by atoms with Crippen LogP contribution in [0.2, 0.25) is 0 Å². The van der Waals surface area contributed by atoms with E-state index in [0.717, 1.165) is 13.1 Å². The Bertz CT molecular complexity index is 470. The van der Waals surface area contributed by atoms with E-state index in [0.29, 0.717) is 37.7 Å². The molecule has 2 aliphatic rings. The normalized spacial score (nSPS) is 23.2. The van der Waals surface area contributed by atoms with Gasteiger partial charge in [-0.2, -0.15) is 0 Å². The minimum atomic E-state index is -0.647. The average molecular weight is 265 g/mol. The second-order valence-corrected chi connectivity index (χ2v) is 5.69. The van der Waals surface area contributed by atoms with Crippen LogP contribution in [0.5, 0.6) is 0 Å². The quantitative estimate of drug-likeness (QED) is 0.747. The van der Waals surface area contributed by atoms with E-state index in [-0.39, 0.29) is 5.91 Å². The highest BCUT2D eigenvalue weighted by molar-refractivity contribution is 5.92. The summed E-state index contributed by atoms with van der Waals surface area (Å²) in [4.78, 5) is 14.0. The lowest BCUT2D eigenvalue weighted by Gasteiger charge is -2.35. The van der Waals surface area contributed by atoms with Crippen LogP contribution in [0.3, 0.4) is 0 Å². The minimum absolute atomic E-state index is 0.0889. The third-order valence-electron chi connectivity index (χ3n) is 3.99. The maximum absolute atomic E-state index is 12.3. The number of likely N-dealkylation sites (tertiary alicyclic amines) is 1. The van der Waals surface area contributed by atoms with Crippen LogP contribution in [0.15, 0.2) is 6.20 Å². The van der Waals surface area contributed by atoms with Gasteiger partial charge in [0.1, 0.15) is 0 Å². The molecule has 0 aliphatic carbocycles. The predicted octanol–water partition coefficient (Wildman–Crippen LogP) is -0.591. The van der Waals surface area contributed by atoms with Crippen LogP contribution in [0, 0.1) is 0 Å². The first-order valence-corrected chi connectivity index (χ1v) is 6.69. The van der Waals surface area contributed by atoms with E-state index >= 15 is 0 Å². The SMILES string of the molecule is CC1(O)CCN(C(=O)c2cn(C3CNC3)nn2)CC1. The molecule has 2 N–H and O–H groups in total. The first-order valence-electron chi connectivity index (χ1n) is 6.69. The molecule has 3 heterocycles. The highest BCUT2D eigenvalue weighted by Gasteiger charge is 2.31. The Morgan fingerprint density at radius 1 is 1.47 bits per heavy atom. The van der Waals surface area contributed by atoms with Crippen molar-refractivity contribution in [2.24, 2.45) is 0 Å². The van der Waals surface area contributed by atoms with E-state index < -0.39 is 5.60 Å². The summed E-state index contributed by atoms with van der Waals surface area (Å²) < 4.78 is 1.75. The molecule has 0 atom stereocenters. The van der Waals surface area contributed by atoms with Gasteiger partial charge in [0, 0.05) is 26.2 Å². The largest absolute Gasteiger partial charge is 0.390 e. The summed E-state index contributed by atoms with van der Waals surface area (Å²) in [7, 11) is 0. The van der Waals surface area contributed by atoms with Gasteiger partial charge in [-0.3, -0.25) is 4.79 Å². The van der Waals surface area contributed by atoms with Gasteiger partial charge in [-0.25, -0.2) is 4.68 Å². The number of hydrogen-bond donors (Lipinski definition) is 2. The van der Waals surface area contributed by atoms with Crippen molar-refractivity contribution in [3.05, 3.63) is 11.9 Å². The van der Waals surface area contributed by atoms with Crippen LogP contribution in [0.4, 0.5) is 0 Å². The number of aromatic nitrogens is 3. The Hall–Kier alpha value is -1.47. The molecule has 0 saturated carbocycles. The topological polar surface area (TPSA) is 83.3 Å². The van der Waals surface area contributed by atoms with Crippen LogP contribution in [0.25, 0.3) is 0 Å². The lowest BCUT2D eigenvalue weighted by molar-refractivity contribution is -0.00219. The fourth-order valence-corrected chi connectivity index (χ4v) is 2.37. The smallest absolute Gasteiger partial charge is 0.276 e. The molecule has 0 unspecified atom stereocenters. The number of aliphatic hydroxyl groups is 1. The highest BCUT2D eigenvalue weighted by Crippen LogP contribution is 2.22. The number of amides is 1. The third kappa shape index (κ3) is 2.48. The van der Waals surface area contributed by atoms with Crippen LogP contribution in [-0.4, -0.2) is 62.7 Å². The van der Waals surface area contributed by atoms with Gasteiger partial charge >= 0.3 is 0 Å². The molecule has 1 amide bonds. The minimum Gasteiger partial charge on any atom is -0.390 e. The van der Waals surface area contributed by atoms with Gasteiger partial charge in [-0.1, -0.05) is 5.21 Å². The van der Waals surface area contributed by atoms with Gasteiger partial charge in [0.05, 0.1) is 17.8 Å². The molecule has 1 aromatic rings. The fraction of sp³-hybridized carbons (Fsp3) is 0.750. The number of rotatable bonds is 2. The summed E-state index contributed by atoms with van der Waals surface area (Å²) in [6.45, 7) is 4.72. The van der Waals surface area contributed by atoms with Gasteiger partial charge in [-0.05, 0) is 19.8 Å². The van der Waals surface area contributed by atoms with Crippen molar-refractivity contribution in [3.63, 3.8) is 0 Å². The molecule has 2 saturated heterocycles. The molecule has 0 radical (unpaired) electrons. The maximum Gasteiger partial charge on any atom is 0.276 e. The molecule has 2 fully saturated rings. The molecular weight excluding hydrogens is 246 g/mol. The zero-order valence-corrected chi connectivity index (χ0v) is 11.0. The molecule has 1 aromatic heterocycles. The summed E-state index contributed by atoms with van der Waals surface area (Å²) in [6.07, 6.45) is 2.94. The number of carbonyl (C=O) groups is 1. The zero-order valence-electron chi connectivity index (χ0n) is 11.0. The Balaban J connectivity index is 1.65. The average Bonchev–Trinajstić information content (AvgIpc) is 2.75. The van der Waals surface area contributed by atoms with Crippen LogP contribution in [0.1, 0.15) is 36.3 Å². The van der Waals surface area contributed by atoms with Gasteiger partial charge in [0.2, 0.25) is 0 Å². The summed E-state index contributed by atoms with van der Waals surface area (Å²) in [5.74, 6) is -0.0889. The van der Waals surface area contributed by atoms with E-state index in [9.17, 15) is 9.90 Å². The van der Waals surface area contributed by atoms with Crippen molar-refractivity contribution in [1.29, 1.82) is 0 Å². The van der Waals surface area contributed by atoms with Crippen LogP contribution in [-0.2, 0) is 0 Å². The Morgan fingerprint density at radius 2 is 2.16 bits per heavy atom. The van der Waals surface area contributed by atoms with Crippen molar-refractivity contribution in [1.82, 2.24) is 25.2 Å². The number of hydrogen-bond acceptors (Lipinski definition) is 5. The maximum atomic E-state index is 12.3. The summed E-state index contributed by atoms with van der Waals surface area (Å²) in [5, 5.41) is 21.0. The molecule has 2 aliphatic heterocycles. The van der Waals surface area contributed by atoms with E-state index in [1.54, 1.807) is 15.8 Å². The molecule has 0 spiro atoms. The molecule has 0 bridgehead atoms. The summed E-state index contributed by atoms with van der Waals surface area (Å²) in [6, 6.07) is 0.316. The molecule has 104 valence electrons. The van der Waals surface area contributed by atoms with E-state index in [1.165, 1.54) is 0 Å². The molecular formula is C12H19N5O2. The first-order chi connectivity index (χ1) is 9.05. The van der Waals surface area contributed by atoms with Gasteiger partial charge < -0.3 is 15.3 Å². The standard InChI is InChI=1S/C12H19N5O2/c1-12(19)2-4-16(5-3-12)11(18)10-8-17(15-14-10)9-6-13-7-9/h8-9,13,19H,2-7H2,1H3. The molecule has 0 aromatic carbocycles. The molecule has 19 heavy (non-hydrogen) atoms. The van der Waals surface area contributed by atoms with Crippen molar-refractivity contribution in [2.75, 3.05) is 26.2 Å². The number of nitrogens with zero attached hydrogens (tertiary/aromatic N) is 4. The second kappa shape index (κ2) is 4.57. The monoisotopic (exact) mass is 265 g/mol. The molecule has 7 nitrogen and oxygen atoms in total. The van der Waals surface area contributed by atoms with Gasteiger partial charge in [-0.15, -0.1) is 5.10 Å². The lowest BCUT2D eigenvalue weighted by atomic mass is 9.94. The predicted molar refractivity (Wildman–Crippen MR) is 67.7 cm³/mol. The van der Waals surface area contributed by atoms with Crippen LogP contribution < -0.4 is 5.32 Å². The van der Waals surface area contributed by atoms with E-state index in [2.05, 4.69) is 15.6 Å². The van der Waals surface area contributed by atoms with E-state index in [4.69, 9.17) is 0 Å². The summed E-state index contributed by atoms with van der Waals surface area (Å²) in [5.41, 5.74) is -0.250. The van der Waals surface area contributed by atoms with Crippen molar-refractivity contribution >= 4 is 5.91 Å². The Labute approximate surface area is 111 Å². The molecule has 7 heteroatoms.